The fraction of sp³-hybridized carbons (Fsp3) is 0.400. The van der Waals surface area contributed by atoms with Crippen LogP contribution < -0.4 is 10.2 Å². The van der Waals surface area contributed by atoms with E-state index in [2.05, 4.69) is 10.9 Å². The van der Waals surface area contributed by atoms with Gasteiger partial charge in [-0.2, -0.15) is 0 Å². The lowest BCUT2D eigenvalue weighted by Crippen LogP contribution is -2.43. The molecule has 33 heavy (non-hydrogen) atoms. The molecule has 3 heterocycles. The van der Waals surface area contributed by atoms with E-state index in [9.17, 15) is 19.6 Å². The van der Waals surface area contributed by atoms with Gasteiger partial charge >= 0.3 is 13.5 Å². The maximum Gasteiger partial charge on any atom is 0.530 e. The van der Waals surface area contributed by atoms with Gasteiger partial charge in [0.25, 0.3) is 5.85 Å². The first-order valence-electron chi connectivity index (χ1n) is 10.9. The minimum absolute atomic E-state index is 0.0783. The third kappa shape index (κ3) is 4.29. The summed E-state index contributed by atoms with van der Waals surface area (Å²) in [5.41, 5.74) is 0.536. The van der Waals surface area contributed by atoms with Crippen LogP contribution in [0.4, 0.5) is 4.39 Å². The fourth-order valence-corrected chi connectivity index (χ4v) is 4.71. The number of alkyl halides is 1. The molecule has 5 atom stereocenters. The van der Waals surface area contributed by atoms with Gasteiger partial charge in [-0.25, -0.2) is 13.8 Å². The number of halogens is 1. The molecule has 2 aliphatic heterocycles. The molecule has 3 N–H and O–H groups in total. The number of ether oxygens (including phenoxy) is 1. The molecule has 1 saturated heterocycles. The molecule has 2 aromatic rings. The van der Waals surface area contributed by atoms with Crippen LogP contribution in [0, 0.1) is 30.8 Å². The number of hydrogen-bond acceptors (Lipinski definition) is 9. The summed E-state index contributed by atoms with van der Waals surface area (Å²) in [5, 5.41) is 20.9. The van der Waals surface area contributed by atoms with Crippen LogP contribution in [0.3, 0.4) is 0 Å². The zero-order chi connectivity index (χ0) is 26.8. The van der Waals surface area contributed by atoms with E-state index in [0.717, 1.165) is 11.8 Å². The van der Waals surface area contributed by atoms with E-state index in [4.69, 9.17) is 41.1 Å². The number of aromatic nitrogens is 2. The van der Waals surface area contributed by atoms with Gasteiger partial charge in [-0.3, -0.25) is 18.6 Å². The summed E-state index contributed by atoms with van der Waals surface area (Å²) in [7, 11) is -4.86. The molecule has 0 aliphatic carbocycles. The largest absolute Gasteiger partial charge is 0.530 e. The molecule has 4 rings (SSSR count). The van der Waals surface area contributed by atoms with Crippen LogP contribution in [0.25, 0.3) is 0 Å². The van der Waals surface area contributed by atoms with Gasteiger partial charge < -0.3 is 19.5 Å². The zero-order valence-electron chi connectivity index (χ0n) is 20.2. The van der Waals surface area contributed by atoms with Gasteiger partial charge in [0.1, 0.15) is 29.2 Å². The Labute approximate surface area is 196 Å². The molecule has 0 spiro atoms. The van der Waals surface area contributed by atoms with E-state index < -0.39 is 44.3 Å². The molecule has 1 aromatic heterocycles. The van der Waals surface area contributed by atoms with E-state index in [0.29, 0.717) is 15.7 Å². The second-order valence-corrected chi connectivity index (χ2v) is 9.29. The third-order valence-electron chi connectivity index (χ3n) is 4.89. The molecule has 2 aliphatic rings. The van der Waals surface area contributed by atoms with Crippen molar-refractivity contribution in [2.75, 3.05) is 6.56 Å². The summed E-state index contributed by atoms with van der Waals surface area (Å²) in [6.07, 6.45) is -2.45. The van der Waals surface area contributed by atoms with Crippen molar-refractivity contribution in [3.05, 3.63) is 55.7 Å². The number of phosphoric acid groups is 1. The summed E-state index contributed by atoms with van der Waals surface area (Å²) in [4.78, 5) is 14.5. The first-order valence-corrected chi connectivity index (χ1v) is 11.3. The Morgan fingerprint density at radius 1 is 1.55 bits per heavy atom. The number of phosphoric ester groups is 1. The monoisotopic (exact) mass is 501 g/mol. The number of nitrogens with zero attached hydrogens (tertiary/aromatic N) is 1. The molecule has 0 saturated carbocycles. The number of hydrogen-bond donors (Lipinski definition) is 3. The summed E-state index contributed by atoms with van der Waals surface area (Å²) in [6.45, 7) is -0.734. The van der Waals surface area contributed by atoms with Crippen LogP contribution in [0.15, 0.2) is 23.1 Å². The van der Waals surface area contributed by atoms with Crippen molar-refractivity contribution < 1.29 is 41.6 Å². The Morgan fingerprint density at radius 3 is 2.97 bits per heavy atom. The smallest absolute Gasteiger partial charge is 0.403 e. The Hall–Kier alpha value is -2.36. The van der Waals surface area contributed by atoms with Crippen LogP contribution in [0.2, 0.25) is 0 Å². The number of benzene rings is 1. The maximum absolute atomic E-state index is 16.0. The topological polar surface area (TPSA) is 132 Å². The SMILES string of the molecule is [2H]C([2H])(OP1(=O)OCc2cc(C)cc(C)c2O1)[C@@]1(F)O[C@@]([2H])(n2cc(C#C)c(=S)[nH]c2=O)[C@H](O)[C@@H]1O. The second-order valence-electron chi connectivity index (χ2n) is 7.37. The van der Waals surface area contributed by atoms with Crippen LogP contribution >= 0.6 is 20.0 Å². The number of aliphatic hydroxyl groups is 2. The van der Waals surface area contributed by atoms with Crippen LogP contribution in [-0.2, 0) is 25.0 Å². The number of aliphatic hydroxyl groups excluding tert-OH is 2. The van der Waals surface area contributed by atoms with Gasteiger partial charge in [0.15, 0.2) is 6.20 Å². The van der Waals surface area contributed by atoms with E-state index in [1.54, 1.807) is 26.0 Å². The molecule has 1 unspecified atom stereocenters. The van der Waals surface area contributed by atoms with Crippen molar-refractivity contribution in [3.8, 4) is 18.1 Å². The number of rotatable bonds is 4. The predicted octanol–water partition coefficient (Wildman–Crippen LogP) is 2.15. The first kappa shape index (κ1) is 20.1. The number of fused-ring (bicyclic) bond motifs is 1. The van der Waals surface area contributed by atoms with Crippen molar-refractivity contribution in [3.63, 3.8) is 0 Å². The van der Waals surface area contributed by atoms with Crippen molar-refractivity contribution in [1.82, 2.24) is 9.55 Å². The minimum Gasteiger partial charge on any atom is -0.403 e. The van der Waals surface area contributed by atoms with E-state index in [-0.39, 0.29) is 22.6 Å². The number of aryl methyl sites for hydroxylation is 2. The number of aromatic amines is 1. The number of nitrogens with one attached hydrogen (secondary N) is 1. The summed E-state index contributed by atoms with van der Waals surface area (Å²) >= 11 is 4.88. The Balaban J connectivity index is 1.70. The van der Waals surface area contributed by atoms with E-state index in [1.165, 1.54) is 0 Å². The molecule has 0 radical (unpaired) electrons. The summed E-state index contributed by atoms with van der Waals surface area (Å²) < 4.78 is 73.8. The van der Waals surface area contributed by atoms with E-state index in [1.807, 2.05) is 0 Å². The second kappa shape index (κ2) is 8.45. The highest BCUT2D eigenvalue weighted by Crippen LogP contribution is 2.56. The van der Waals surface area contributed by atoms with Gasteiger partial charge in [0.05, 0.1) is 16.3 Å². The highest BCUT2D eigenvalue weighted by Gasteiger charge is 2.57. The standard InChI is InChI=1S/C20H20FN2O8PS/c1-4-12-7-23(19(26)22-17(12)33)18-14(24)16(25)20(21,30-18)9-29-32(27)28-8-13-6-10(2)5-11(3)15(13)31-32/h1,5-7,14,16,18,24-25H,8-9H2,2-3H3,(H,22,26,33)/t14-,16+,18-,20-,32?/m1/s1/i9D2,18D. The number of H-pyrrole nitrogens is 1. The average molecular weight is 501 g/mol. The predicted molar refractivity (Wildman–Crippen MR) is 115 cm³/mol. The van der Waals surface area contributed by atoms with Crippen molar-refractivity contribution in [2.24, 2.45) is 0 Å². The van der Waals surface area contributed by atoms with E-state index >= 15 is 4.39 Å². The molecule has 13 heteroatoms. The normalized spacial score (nSPS) is 35.0. The molecule has 0 bridgehead atoms. The van der Waals surface area contributed by atoms with Crippen molar-refractivity contribution in [1.29, 1.82) is 0 Å². The van der Waals surface area contributed by atoms with Crippen LogP contribution in [-0.4, -0.2) is 44.4 Å². The maximum atomic E-state index is 16.0. The van der Waals surface area contributed by atoms with Crippen molar-refractivity contribution >= 4 is 20.0 Å². The molecule has 1 aromatic carbocycles. The Bertz CT molecular complexity index is 1460. The highest BCUT2D eigenvalue weighted by molar-refractivity contribution is 7.71. The van der Waals surface area contributed by atoms with Gasteiger partial charge in [0.2, 0.25) is 0 Å². The molecular weight excluding hydrogens is 478 g/mol. The summed E-state index contributed by atoms with van der Waals surface area (Å²) in [5.74, 6) is -1.86. The quantitative estimate of drug-likeness (QED) is 0.328. The van der Waals surface area contributed by atoms with Crippen LogP contribution in [0.5, 0.6) is 5.75 Å². The third-order valence-corrected chi connectivity index (χ3v) is 6.38. The number of terminal acetylenes is 1. The molecule has 176 valence electrons. The van der Waals surface area contributed by atoms with Gasteiger partial charge in [-0.05, 0) is 19.4 Å². The fourth-order valence-electron chi connectivity index (χ4n) is 3.35. The van der Waals surface area contributed by atoms with Crippen LogP contribution in [0.1, 0.15) is 32.6 Å². The lowest BCUT2D eigenvalue weighted by atomic mass is 10.1. The lowest BCUT2D eigenvalue weighted by molar-refractivity contribution is -0.205. The average Bonchev–Trinajstić information content (AvgIpc) is 2.95. The molecule has 10 nitrogen and oxygen atoms in total. The van der Waals surface area contributed by atoms with Gasteiger partial charge in [-0.1, -0.05) is 35.8 Å². The molecule has 0 amide bonds. The molecular formula is C20H20FN2O8PS. The van der Waals surface area contributed by atoms with Crippen molar-refractivity contribution in [2.45, 2.75) is 44.7 Å². The zero-order valence-corrected chi connectivity index (χ0v) is 18.9. The minimum atomic E-state index is -4.86. The Kier molecular flexibility index (Phi) is 5.13. The Morgan fingerprint density at radius 2 is 2.27 bits per heavy atom. The van der Waals surface area contributed by atoms with Gasteiger partial charge in [0, 0.05) is 11.8 Å². The first-order chi connectivity index (χ1) is 16.6. The molecule has 1 fully saturated rings. The van der Waals surface area contributed by atoms with Gasteiger partial charge in [-0.15, -0.1) is 6.42 Å². The summed E-state index contributed by atoms with van der Waals surface area (Å²) in [6, 6.07) is 3.38. The lowest BCUT2D eigenvalue weighted by Gasteiger charge is -2.29. The highest BCUT2D eigenvalue weighted by atomic mass is 32.1.